The Kier molecular flexibility index (Phi) is 33.5. The highest BCUT2D eigenvalue weighted by atomic mass is 33.1. The van der Waals surface area contributed by atoms with Crippen molar-refractivity contribution < 1.29 is 112 Å². The van der Waals surface area contributed by atoms with Gasteiger partial charge in [-0.25, -0.2) is 24.5 Å². The molecule has 0 bridgehead atoms. The first kappa shape index (κ1) is 94.5. The maximum Gasteiger partial charge on any atom is 0.416 e. The van der Waals surface area contributed by atoms with E-state index in [0.29, 0.717) is 71.9 Å². The number of H-pyrrole nitrogens is 1. The van der Waals surface area contributed by atoms with E-state index >= 15 is 0 Å². The Balaban J connectivity index is 0.776. The van der Waals surface area contributed by atoms with Crippen LogP contribution in [0.2, 0.25) is 0 Å². The molecule has 0 aliphatic carbocycles. The van der Waals surface area contributed by atoms with Crippen LogP contribution in [0.15, 0.2) is 88.8 Å². The van der Waals surface area contributed by atoms with Crippen molar-refractivity contribution in [2.24, 2.45) is 16.6 Å². The number of anilines is 3. The number of ether oxygens (including phenoxy) is 5. The molecule has 2 aromatic heterocycles. The summed E-state index contributed by atoms with van der Waals surface area (Å²) >= 11 is 0. The van der Waals surface area contributed by atoms with Crippen molar-refractivity contribution in [2.75, 3.05) is 75.4 Å². The summed E-state index contributed by atoms with van der Waals surface area (Å²) in [6.45, 7) is 13.7. The van der Waals surface area contributed by atoms with Crippen LogP contribution in [0.25, 0.3) is 11.2 Å². The molecule has 3 aromatic carbocycles. The van der Waals surface area contributed by atoms with E-state index in [4.69, 9.17) is 40.6 Å². The van der Waals surface area contributed by atoms with Crippen molar-refractivity contribution in [1.82, 2.24) is 67.0 Å². The Morgan fingerprint density at radius 2 is 1.26 bits per heavy atom. The van der Waals surface area contributed by atoms with Gasteiger partial charge in [-0.2, -0.15) is 4.98 Å². The second-order valence-corrected chi connectivity index (χ2v) is 32.5. The van der Waals surface area contributed by atoms with E-state index in [1.165, 1.54) is 49.6 Å². The Morgan fingerprint density at radius 1 is 0.685 bits per heavy atom. The van der Waals surface area contributed by atoms with Gasteiger partial charge in [-0.05, 0) is 101 Å². The Hall–Kier alpha value is -13.3. The van der Waals surface area contributed by atoms with Gasteiger partial charge in [-0.1, -0.05) is 59.7 Å². The van der Waals surface area contributed by atoms with Crippen LogP contribution in [-0.4, -0.2) is 264 Å². The van der Waals surface area contributed by atoms with Crippen LogP contribution < -0.4 is 83.4 Å². The molecule has 6 heterocycles. The molecule has 0 unspecified atom stereocenters. The van der Waals surface area contributed by atoms with Gasteiger partial charge in [0, 0.05) is 67.4 Å². The number of nitrogens with zero attached hydrogens (tertiary/aromatic N) is 7. The number of aromatic nitrogens is 4. The van der Waals surface area contributed by atoms with Gasteiger partial charge in [-0.15, -0.1) is 0 Å². The molecule has 5 aromatic rings. The Bertz CT molecular complexity index is 5000. The molecule has 19 N–H and O–H groups in total. The van der Waals surface area contributed by atoms with E-state index in [0.717, 1.165) is 32.1 Å². The van der Waals surface area contributed by atoms with Crippen molar-refractivity contribution in [3.8, 4) is 23.0 Å². The number of aliphatic hydroxyl groups excluding tert-OH is 1. The second-order valence-electron chi connectivity index (χ2n) is 29.8. The van der Waals surface area contributed by atoms with Crippen molar-refractivity contribution in [3.63, 3.8) is 0 Å². The number of hydrogen-bond donors (Lipinski definition) is 17. The average molecular weight is 1760 g/mol. The molecule has 45 heteroatoms. The van der Waals surface area contributed by atoms with Crippen LogP contribution in [0.5, 0.6) is 23.0 Å². The van der Waals surface area contributed by atoms with Crippen molar-refractivity contribution in [2.45, 2.75) is 164 Å². The second kappa shape index (κ2) is 43.9. The molecule has 43 nitrogen and oxygen atoms in total. The highest BCUT2D eigenvalue weighted by Crippen LogP contribution is 2.44. The molecular weight excluding hydrogens is 1660 g/mol. The predicted octanol–water partition coefficient (Wildman–Crippen LogP) is 2.29. The fourth-order valence-corrected chi connectivity index (χ4v) is 16.4. The van der Waals surface area contributed by atoms with Gasteiger partial charge in [0.15, 0.2) is 46.3 Å². The molecule has 9 rings (SSSR count). The van der Waals surface area contributed by atoms with Crippen LogP contribution in [0.1, 0.15) is 135 Å². The number of aliphatic carboxylic acids is 4. The van der Waals surface area contributed by atoms with Gasteiger partial charge in [0.2, 0.25) is 35.5 Å². The van der Waals surface area contributed by atoms with Crippen molar-refractivity contribution in [3.05, 3.63) is 112 Å². The third-order valence-electron chi connectivity index (χ3n) is 20.0. The smallest absolute Gasteiger partial charge is 0.416 e. The number of nitrogens with two attached hydrogens (primary N) is 2. The predicted molar refractivity (Wildman–Crippen MR) is 450 cm³/mol. The normalized spacial score (nSPS) is 16.8. The minimum Gasteiger partial charge on any atom is -0.493 e. The number of methoxy groups -OCH3 is 2. The monoisotopic (exact) mass is 1760 g/mol. The van der Waals surface area contributed by atoms with E-state index in [-0.39, 0.29) is 128 Å². The Labute approximate surface area is 716 Å². The van der Waals surface area contributed by atoms with Gasteiger partial charge in [0.05, 0.1) is 105 Å². The van der Waals surface area contributed by atoms with Gasteiger partial charge in [-0.3, -0.25) is 72.9 Å². The van der Waals surface area contributed by atoms with Gasteiger partial charge < -0.3 is 113 Å². The first-order valence-corrected chi connectivity index (χ1v) is 41.6. The average Bonchev–Trinajstić information content (AvgIpc) is 1.59. The summed E-state index contributed by atoms with van der Waals surface area (Å²) in [5.41, 5.74) is 14.0. The SMILES string of the molecule is C=C1C[C@H]2C=Nc3cc(OCCCCCOc4cc5c(cc4OC)C(=O)N4CC(=C)C[C@H]4[C@H](O)N5C(=O)OC[C@@H](SSC[C@H](NC(=O)[C@H](CC(=O)O)NC(=O)[C@H](CC(=O)O)NC(=O)[C@H](CCCNC(=N)N)NC(=O)[C@H](CC(=O)O)NC(=O)CC[C@@H](C)NC(=O)c4ccc(NCc5cnc6nc(N)[nH]c(=O)c6n5)cc4)C(=O)O)C(C)C)c(OC)cc3C(=O)N2C1. The summed E-state index contributed by atoms with van der Waals surface area (Å²) < 4.78 is 29.6. The van der Waals surface area contributed by atoms with Crippen LogP contribution in [0.3, 0.4) is 0 Å². The lowest BCUT2D eigenvalue weighted by molar-refractivity contribution is -0.144. The number of carboxylic acids is 4. The number of aliphatic imine (C=N–C) groups is 1. The van der Waals surface area contributed by atoms with Gasteiger partial charge >= 0.3 is 30.0 Å². The molecule has 4 aliphatic rings. The molecule has 124 heavy (non-hydrogen) atoms. The number of carbonyl (C=O) groups excluding carboxylic acids is 9. The summed E-state index contributed by atoms with van der Waals surface area (Å²) in [5.74, 6) is -14.7. The number of guanidine groups is 1. The standard InChI is InChI=1S/C79H99N19O24S2/c1-38(2)60(36-122-79(117)98-54-30-59(57(119-7)25-47(54)74(113)97-35-40(4)23-55(97)75(98)114)121-21-10-8-9-20-120-58-26-49-46(24-56(58)118-6)73(112)96-34-39(3)22-45(96)33-85-49)124-123-37-53(76(115)116)93-71(110)52(29-64(104)105)92-70(109)51(28-63(102)103)91-68(107)48(12-11-19-83-77(80)81)90-69(108)50(27-62(100)101)89-61(99)18-13-41(5)87-67(106)42-14-16-43(17-15-42)84-31-44-32-86-66-65(88-44)72(111)95-78(82)94-66/h14-17,24-26,30,32-33,38,41,45,48,50-53,55,60,75,84,114H,3-4,8-13,18-23,27-29,31,34-37H2,1-2,5-7H3,(H,87,106)(H,89,99)(H,90,108)(H,91,107)(H,92,109)(H,93,110)(H,100,101)(H,102,103)(H,104,105)(H,115,116)(H4,80,81,83)(H3,82,86,94,95,111)/t41-,45+,48+,50+,51+,52+,53+,55+,60-,75+/m1/s1. The third kappa shape index (κ3) is 25.9. The van der Waals surface area contributed by atoms with Crippen LogP contribution >= 0.6 is 21.6 Å². The first-order valence-electron chi connectivity index (χ1n) is 39.2. The van der Waals surface area contributed by atoms with E-state index in [1.54, 1.807) is 56.2 Å². The van der Waals surface area contributed by atoms with Crippen LogP contribution in [0, 0.1) is 11.3 Å². The molecule has 0 radical (unpaired) electrons. The number of carbonyl (C=O) groups is 13. The number of aromatic amines is 1. The lowest BCUT2D eigenvalue weighted by Crippen LogP contribution is -2.59. The largest absolute Gasteiger partial charge is 0.493 e. The molecule has 0 saturated carbocycles. The maximum absolute atomic E-state index is 14.6. The third-order valence-corrected chi connectivity index (χ3v) is 23.1. The number of nitrogens with one attached hydrogen (secondary N) is 10. The molecule has 9 amide bonds. The summed E-state index contributed by atoms with van der Waals surface area (Å²) in [7, 11) is 4.75. The van der Waals surface area contributed by atoms with Crippen molar-refractivity contribution in [1.29, 1.82) is 5.41 Å². The zero-order valence-corrected chi connectivity index (χ0v) is 69.9. The molecule has 2 saturated heterocycles. The van der Waals surface area contributed by atoms with Crippen molar-refractivity contribution >= 4 is 145 Å². The first-order chi connectivity index (χ1) is 59.0. The number of nitrogen functional groups attached to an aromatic ring is 1. The lowest BCUT2D eigenvalue weighted by Gasteiger charge is -2.32. The van der Waals surface area contributed by atoms with Crippen LogP contribution in [-0.2, 0) is 54.4 Å². The molecule has 0 spiro atoms. The van der Waals surface area contributed by atoms with Gasteiger partial charge in [0.1, 0.15) is 36.8 Å². The minimum atomic E-state index is -2.18. The Morgan fingerprint density at radius 3 is 1.86 bits per heavy atom. The van der Waals surface area contributed by atoms with Crippen LogP contribution in [0.4, 0.5) is 27.8 Å². The quantitative estimate of drug-likeness (QED) is 0.00874. The number of fused-ring (bicyclic) bond motifs is 5. The summed E-state index contributed by atoms with van der Waals surface area (Å²) in [5, 5.41) is 78.4. The topological polar surface area (TPSA) is 635 Å². The van der Waals surface area contributed by atoms with E-state index in [9.17, 15) is 92.7 Å². The lowest BCUT2D eigenvalue weighted by atomic mass is 10.1. The number of benzene rings is 3. The number of amides is 9. The number of carboxylic acid groups (broad SMARTS) is 4. The molecular formula is C79H99N19O24S2. The zero-order chi connectivity index (χ0) is 90.3. The zero-order valence-electron chi connectivity index (χ0n) is 68.3. The van der Waals surface area contributed by atoms with E-state index in [1.807, 2.05) is 0 Å². The highest BCUT2D eigenvalue weighted by Gasteiger charge is 2.47. The summed E-state index contributed by atoms with van der Waals surface area (Å²) in [6.07, 6.45) is -1.67. The van der Waals surface area contributed by atoms with E-state index in [2.05, 4.69) is 80.6 Å². The fourth-order valence-electron chi connectivity index (χ4n) is 13.5. The fraction of sp³-hybridized carbons (Fsp3) is 0.456. The number of rotatable bonds is 45. The summed E-state index contributed by atoms with van der Waals surface area (Å²) in [6, 6.07) is 0.638. The number of unbranched alkanes of at least 4 members (excludes halogenated alkanes) is 2. The number of aliphatic hydroxyl groups is 1. The molecule has 10 atom stereocenters. The van der Waals surface area contributed by atoms with E-state index < -0.39 is 168 Å². The summed E-state index contributed by atoms with van der Waals surface area (Å²) in [4.78, 5) is 210. The molecule has 4 aliphatic heterocycles. The minimum absolute atomic E-state index is 0.0130. The maximum atomic E-state index is 14.6. The number of hydrogen-bond acceptors (Lipinski definition) is 29. The molecule has 2 fully saturated rings. The van der Waals surface area contributed by atoms with Gasteiger partial charge in [0.25, 0.3) is 23.3 Å². The molecule has 666 valence electrons. The highest BCUT2D eigenvalue weighted by molar-refractivity contribution is 8.77.